The van der Waals surface area contributed by atoms with Crippen LogP contribution >= 0.6 is 12.2 Å². The molecule has 0 aliphatic carbocycles. The zero-order valence-electron chi connectivity index (χ0n) is 26.9. The van der Waals surface area contributed by atoms with Gasteiger partial charge in [-0.1, -0.05) is 42.6 Å². The molecule has 1 saturated heterocycles. The van der Waals surface area contributed by atoms with E-state index in [9.17, 15) is 14.7 Å². The van der Waals surface area contributed by atoms with Crippen LogP contribution in [0.3, 0.4) is 0 Å². The summed E-state index contributed by atoms with van der Waals surface area (Å²) in [4.78, 5) is 26.2. The van der Waals surface area contributed by atoms with Gasteiger partial charge in [0.2, 0.25) is 0 Å². The molecule has 0 aromatic heterocycles. The molecule has 46 heavy (non-hydrogen) atoms. The largest absolute Gasteiger partial charge is 0.497 e. The van der Waals surface area contributed by atoms with Crippen molar-refractivity contribution in [2.24, 2.45) is 5.92 Å². The van der Waals surface area contributed by atoms with E-state index in [1.54, 1.807) is 55.5 Å². The Balaban J connectivity index is 1.96. The van der Waals surface area contributed by atoms with Crippen LogP contribution in [0.4, 0.5) is 4.39 Å². The molecular formula is C35H43FO9S. The Morgan fingerprint density at radius 1 is 1.17 bits per heavy atom. The van der Waals surface area contributed by atoms with E-state index in [4.69, 9.17) is 40.6 Å². The van der Waals surface area contributed by atoms with Crippen LogP contribution in [0, 0.1) is 5.92 Å². The molecule has 1 heterocycles. The average Bonchev–Trinajstić information content (AvgIpc) is 3.34. The number of thiocarbonyl (C=S) groups is 1. The van der Waals surface area contributed by atoms with Crippen LogP contribution in [0.2, 0.25) is 0 Å². The van der Waals surface area contributed by atoms with Gasteiger partial charge in [-0.15, -0.1) is 0 Å². The van der Waals surface area contributed by atoms with E-state index >= 15 is 4.39 Å². The molecule has 4 atom stereocenters. The first-order chi connectivity index (χ1) is 22.0. The average molecular weight is 659 g/mol. The Morgan fingerprint density at radius 3 is 2.57 bits per heavy atom. The molecule has 9 nitrogen and oxygen atoms in total. The van der Waals surface area contributed by atoms with E-state index in [1.165, 1.54) is 25.7 Å². The zero-order chi connectivity index (χ0) is 33.7. The fraction of sp³-hybridized carbons (Fsp3) is 0.457. The molecule has 1 fully saturated rings. The Hall–Kier alpha value is -3.64. The van der Waals surface area contributed by atoms with Gasteiger partial charge in [0.1, 0.15) is 29.0 Å². The number of ether oxygens (including phenoxy) is 6. The predicted octanol–water partition coefficient (Wildman–Crippen LogP) is 6.66. The number of methoxy groups -OCH3 is 2. The highest BCUT2D eigenvalue weighted by Crippen LogP contribution is 2.41. The summed E-state index contributed by atoms with van der Waals surface area (Å²) in [6.45, 7) is 5.34. The second kappa shape index (κ2) is 17.9. The minimum atomic E-state index is -1.34. The molecule has 250 valence electrons. The second-order valence-electron chi connectivity index (χ2n) is 11.5. The Labute approximate surface area is 275 Å². The summed E-state index contributed by atoms with van der Waals surface area (Å²) in [5.41, 5.74) is 0.292. The van der Waals surface area contributed by atoms with Crippen molar-refractivity contribution >= 4 is 35.6 Å². The number of esters is 2. The maximum Gasteiger partial charge on any atom is 0.342 e. The van der Waals surface area contributed by atoms with E-state index in [2.05, 4.69) is 0 Å². The van der Waals surface area contributed by atoms with Gasteiger partial charge in [-0.3, -0.25) is 0 Å². The first kappa shape index (κ1) is 36.8. The lowest BCUT2D eigenvalue weighted by Gasteiger charge is -2.27. The molecule has 1 aliphatic heterocycles. The number of hydrogen-bond donors (Lipinski definition) is 1. The normalized spacial score (nSPS) is 19.0. The quantitative estimate of drug-likeness (QED) is 0.0858. The Bertz CT molecular complexity index is 1370. The van der Waals surface area contributed by atoms with Gasteiger partial charge in [0.25, 0.3) is 0 Å². The lowest BCUT2D eigenvalue weighted by molar-refractivity contribution is -0.0805. The van der Waals surface area contributed by atoms with Gasteiger partial charge in [-0.25, -0.2) is 14.0 Å². The van der Waals surface area contributed by atoms with Gasteiger partial charge in [0.15, 0.2) is 12.9 Å². The molecule has 1 N–H and O–H groups in total. The fourth-order valence-corrected chi connectivity index (χ4v) is 5.28. The van der Waals surface area contributed by atoms with Crippen LogP contribution in [-0.2, 0) is 18.9 Å². The van der Waals surface area contributed by atoms with Gasteiger partial charge in [-0.2, -0.15) is 0 Å². The zero-order valence-corrected chi connectivity index (χ0v) is 27.7. The first-order valence-electron chi connectivity index (χ1n) is 15.1. The number of rotatable bonds is 17. The van der Waals surface area contributed by atoms with E-state index < -0.39 is 41.7 Å². The minimum Gasteiger partial charge on any atom is -0.497 e. The summed E-state index contributed by atoms with van der Waals surface area (Å²) in [6.07, 6.45) is 3.24. The van der Waals surface area contributed by atoms with Crippen molar-refractivity contribution in [3.63, 3.8) is 0 Å². The highest BCUT2D eigenvalue weighted by molar-refractivity contribution is 7.78. The van der Waals surface area contributed by atoms with Gasteiger partial charge in [0, 0.05) is 19.6 Å². The van der Waals surface area contributed by atoms with Gasteiger partial charge >= 0.3 is 11.9 Å². The molecule has 2 aromatic carbocycles. The predicted molar refractivity (Wildman–Crippen MR) is 176 cm³/mol. The molecule has 0 saturated carbocycles. The molecule has 0 bridgehead atoms. The van der Waals surface area contributed by atoms with E-state index in [-0.39, 0.29) is 42.6 Å². The number of halogens is 1. The Kier molecular flexibility index (Phi) is 14.3. The SMILES string of the molecule is COCOc1cc(OC)cc(/C=C/C[C@@H]2CC(C)(C)OC2C(OC(=O)c2ccccc2)/C(F)=C\CC(C)O)c1C(=O)OCCC=S. The van der Waals surface area contributed by atoms with E-state index in [0.717, 1.165) is 0 Å². The molecule has 3 unspecified atom stereocenters. The summed E-state index contributed by atoms with van der Waals surface area (Å²) < 4.78 is 49.4. The van der Waals surface area contributed by atoms with Crippen molar-refractivity contribution in [3.8, 4) is 11.5 Å². The van der Waals surface area contributed by atoms with Crippen molar-refractivity contribution in [3.05, 3.63) is 77.1 Å². The van der Waals surface area contributed by atoms with E-state index in [1.807, 2.05) is 19.9 Å². The molecule has 0 spiro atoms. The summed E-state index contributed by atoms with van der Waals surface area (Å²) in [6, 6.07) is 11.6. The smallest absolute Gasteiger partial charge is 0.342 e. The summed E-state index contributed by atoms with van der Waals surface area (Å²) in [7, 11) is 2.96. The molecule has 1 aliphatic rings. The number of aliphatic hydroxyl groups excluding tert-OH is 1. The maximum absolute atomic E-state index is 15.7. The standard InChI is InChI=1S/C35H43FO9S/c1-23(37)15-16-28(36)32(44-33(38)24-11-7-6-8-12-24)31-26(21-35(2,3)45-31)14-9-13-25-19-27(41-5)20-29(43-22-40-4)30(25)34(39)42-17-10-18-46/h6-9,11-13,16,18-20,23,26,31-32,37H,10,14-15,17,21-22H2,1-5H3/b13-9+,28-16+/t23?,26-,31?,32?/m1/s1. The van der Waals surface area contributed by atoms with Crippen molar-refractivity contribution in [2.75, 3.05) is 27.6 Å². The fourth-order valence-electron chi connectivity index (χ4n) is 5.18. The second-order valence-corrected chi connectivity index (χ2v) is 11.9. The molecule has 11 heteroatoms. The lowest BCUT2D eigenvalue weighted by atomic mass is 9.88. The summed E-state index contributed by atoms with van der Waals surface area (Å²) in [5, 5.41) is 11.3. The van der Waals surface area contributed by atoms with Crippen molar-refractivity contribution in [2.45, 2.75) is 70.4 Å². The van der Waals surface area contributed by atoms with Crippen LogP contribution < -0.4 is 9.47 Å². The highest BCUT2D eigenvalue weighted by Gasteiger charge is 2.46. The monoisotopic (exact) mass is 658 g/mol. The van der Waals surface area contributed by atoms with Gasteiger partial charge in [0.05, 0.1) is 31.0 Å². The first-order valence-corrected chi connectivity index (χ1v) is 15.5. The molecular weight excluding hydrogens is 615 g/mol. The third-order valence-electron chi connectivity index (χ3n) is 7.22. The summed E-state index contributed by atoms with van der Waals surface area (Å²) in [5.74, 6) is -1.61. The molecule has 0 amide bonds. The lowest BCUT2D eigenvalue weighted by Crippen LogP contribution is -2.37. The highest BCUT2D eigenvalue weighted by atomic mass is 32.1. The van der Waals surface area contributed by atoms with Crippen molar-refractivity contribution in [1.29, 1.82) is 0 Å². The molecule has 0 radical (unpaired) electrons. The van der Waals surface area contributed by atoms with Crippen molar-refractivity contribution in [1.82, 2.24) is 0 Å². The summed E-state index contributed by atoms with van der Waals surface area (Å²) >= 11 is 4.84. The topological polar surface area (TPSA) is 110 Å². The number of allylic oxidation sites excluding steroid dienone is 1. The van der Waals surface area contributed by atoms with Crippen molar-refractivity contribution < 1.29 is 47.5 Å². The third kappa shape index (κ3) is 10.7. The molecule has 2 aromatic rings. The number of hydrogen-bond acceptors (Lipinski definition) is 10. The number of benzene rings is 2. The van der Waals surface area contributed by atoms with Gasteiger partial charge in [-0.05, 0) is 81.2 Å². The number of carbonyl (C=O) groups excluding carboxylic acids is 2. The van der Waals surface area contributed by atoms with Crippen LogP contribution in [0.25, 0.3) is 6.08 Å². The molecule has 3 rings (SSSR count). The Morgan fingerprint density at radius 2 is 1.91 bits per heavy atom. The van der Waals surface area contributed by atoms with Gasteiger partial charge < -0.3 is 33.5 Å². The van der Waals surface area contributed by atoms with Crippen LogP contribution in [0.15, 0.2) is 60.4 Å². The van der Waals surface area contributed by atoms with Crippen LogP contribution in [0.1, 0.15) is 72.7 Å². The maximum atomic E-state index is 15.7. The number of aliphatic hydroxyl groups is 1. The van der Waals surface area contributed by atoms with Crippen LogP contribution in [-0.4, -0.2) is 73.9 Å². The third-order valence-corrected chi connectivity index (χ3v) is 7.46. The minimum absolute atomic E-state index is 0.0402. The number of carbonyl (C=O) groups is 2. The van der Waals surface area contributed by atoms with Crippen LogP contribution in [0.5, 0.6) is 11.5 Å². The van der Waals surface area contributed by atoms with E-state index in [0.29, 0.717) is 30.6 Å².